The Kier molecular flexibility index (Phi) is 7.56. The summed E-state index contributed by atoms with van der Waals surface area (Å²) in [7, 11) is 0. The number of rotatable bonds is 7. The van der Waals surface area contributed by atoms with Crippen LogP contribution in [0.3, 0.4) is 0 Å². The summed E-state index contributed by atoms with van der Waals surface area (Å²) in [4.78, 5) is 24.0. The number of halogens is 1. The summed E-state index contributed by atoms with van der Waals surface area (Å²) in [5.74, 6) is -0.152. The first-order valence-corrected chi connectivity index (χ1v) is 8.82. The van der Waals surface area contributed by atoms with Crippen LogP contribution < -0.4 is 20.3 Å². The zero-order valence-electron chi connectivity index (χ0n) is 16.0. The third-order valence-corrected chi connectivity index (χ3v) is 3.77. The smallest absolute Gasteiger partial charge is 0.279 e. The fourth-order valence-electron chi connectivity index (χ4n) is 2.29. The predicted molar refractivity (Wildman–Crippen MR) is 104 cm³/mol. The molecule has 1 atom stereocenters. The minimum absolute atomic E-state index is 0.352. The largest absolute Gasteiger partial charge is 0.494 e. The second-order valence-corrected chi connectivity index (χ2v) is 5.98. The topological polar surface area (TPSA) is 76.7 Å². The molecule has 0 saturated heterocycles. The molecule has 148 valence electrons. The molecule has 0 fully saturated rings. The van der Waals surface area contributed by atoms with Gasteiger partial charge in [-0.25, -0.2) is 4.39 Å². The van der Waals surface area contributed by atoms with Crippen LogP contribution in [0.2, 0.25) is 0 Å². The summed E-state index contributed by atoms with van der Waals surface area (Å²) in [5.41, 5.74) is 5.94. The predicted octanol–water partition coefficient (Wildman–Crippen LogP) is 3.24. The van der Waals surface area contributed by atoms with E-state index in [1.807, 2.05) is 6.92 Å². The molecule has 0 radical (unpaired) electrons. The summed E-state index contributed by atoms with van der Waals surface area (Å²) in [6.45, 7) is 5.74. The fraction of sp³-hybridized carbons (Fsp3) is 0.238. The van der Waals surface area contributed by atoms with Crippen LogP contribution in [0.15, 0.2) is 54.6 Å². The first-order chi connectivity index (χ1) is 13.4. The number of hydrazine groups is 1. The van der Waals surface area contributed by atoms with Crippen LogP contribution in [0.1, 0.15) is 26.3 Å². The average molecular weight is 386 g/mol. The van der Waals surface area contributed by atoms with Gasteiger partial charge in [-0.3, -0.25) is 20.4 Å². The van der Waals surface area contributed by atoms with Gasteiger partial charge in [0.15, 0.2) is 6.10 Å². The fourth-order valence-corrected chi connectivity index (χ4v) is 2.29. The Morgan fingerprint density at radius 1 is 1.04 bits per heavy atom. The molecule has 0 spiro atoms. The van der Waals surface area contributed by atoms with Gasteiger partial charge in [-0.05, 0) is 68.3 Å². The molecular formula is C21H23FN2O4. The van der Waals surface area contributed by atoms with Crippen molar-refractivity contribution in [1.29, 1.82) is 0 Å². The lowest BCUT2D eigenvalue weighted by atomic mass is 10.1. The van der Waals surface area contributed by atoms with Gasteiger partial charge < -0.3 is 9.47 Å². The summed E-state index contributed by atoms with van der Waals surface area (Å²) >= 11 is 0. The van der Waals surface area contributed by atoms with Crippen LogP contribution >= 0.6 is 0 Å². The number of allylic oxidation sites excluding steroid dienone is 1. The molecule has 0 bridgehead atoms. The molecule has 0 heterocycles. The molecule has 0 aliphatic rings. The quantitative estimate of drug-likeness (QED) is 0.566. The zero-order chi connectivity index (χ0) is 20.5. The molecule has 6 nitrogen and oxygen atoms in total. The lowest BCUT2D eigenvalue weighted by Gasteiger charge is -2.15. The Balaban J connectivity index is 1.83. The molecule has 1 unspecified atom stereocenters. The zero-order valence-corrected chi connectivity index (χ0v) is 16.0. The first kappa shape index (κ1) is 21.0. The number of nitrogens with one attached hydrogen (secondary N) is 2. The second-order valence-electron chi connectivity index (χ2n) is 5.98. The van der Waals surface area contributed by atoms with Crippen LogP contribution in [-0.4, -0.2) is 24.5 Å². The average Bonchev–Trinajstić information content (AvgIpc) is 2.68. The Morgan fingerprint density at radius 2 is 1.64 bits per heavy atom. The van der Waals surface area contributed by atoms with Gasteiger partial charge in [0.25, 0.3) is 11.8 Å². The minimum Gasteiger partial charge on any atom is -0.494 e. The Labute approximate surface area is 163 Å². The molecule has 0 aliphatic carbocycles. The molecular weight excluding hydrogens is 363 g/mol. The van der Waals surface area contributed by atoms with Crippen molar-refractivity contribution in [2.75, 3.05) is 6.61 Å². The summed E-state index contributed by atoms with van der Waals surface area (Å²) in [6, 6.07) is 12.6. The Morgan fingerprint density at radius 3 is 2.25 bits per heavy atom. The van der Waals surface area contributed by atoms with Gasteiger partial charge in [-0.1, -0.05) is 12.1 Å². The first-order valence-electron chi connectivity index (χ1n) is 8.82. The molecule has 2 aromatic rings. The van der Waals surface area contributed by atoms with Crippen LogP contribution in [0, 0.1) is 5.82 Å². The van der Waals surface area contributed by atoms with Gasteiger partial charge in [0.2, 0.25) is 0 Å². The van der Waals surface area contributed by atoms with Crippen molar-refractivity contribution in [3.8, 4) is 11.5 Å². The molecule has 2 rings (SSSR count). The van der Waals surface area contributed by atoms with Crippen molar-refractivity contribution in [3.63, 3.8) is 0 Å². The molecule has 0 saturated carbocycles. The lowest BCUT2D eigenvalue weighted by Crippen LogP contribution is -2.46. The van der Waals surface area contributed by atoms with E-state index in [9.17, 15) is 14.0 Å². The standard InChI is InChI=1S/C21H23FN2O4/c1-4-27-18-9-11-19(12-10-18)28-15(3)21(26)24-23-20(25)13-14(2)16-5-7-17(22)8-6-16/h5-13,15H,4H2,1-3H3,(H,23,25)(H,24,26)/b14-13-. The normalized spacial score (nSPS) is 12.1. The van der Waals surface area contributed by atoms with Crippen molar-refractivity contribution in [3.05, 3.63) is 66.0 Å². The van der Waals surface area contributed by atoms with E-state index in [-0.39, 0.29) is 5.82 Å². The Bertz CT molecular complexity index is 832. The van der Waals surface area contributed by atoms with E-state index in [2.05, 4.69) is 10.9 Å². The number of carbonyl (C=O) groups excluding carboxylic acids is 2. The number of benzene rings is 2. The van der Waals surface area contributed by atoms with Crippen molar-refractivity contribution >= 4 is 17.4 Å². The SMILES string of the molecule is CCOc1ccc(OC(C)C(=O)NNC(=O)/C=C(/C)c2ccc(F)cc2)cc1. The molecule has 28 heavy (non-hydrogen) atoms. The van der Waals surface area contributed by atoms with E-state index in [0.29, 0.717) is 29.2 Å². The maximum absolute atomic E-state index is 12.9. The monoisotopic (exact) mass is 386 g/mol. The van der Waals surface area contributed by atoms with E-state index < -0.39 is 17.9 Å². The Hall–Kier alpha value is -3.35. The molecule has 2 aromatic carbocycles. The van der Waals surface area contributed by atoms with E-state index in [1.54, 1.807) is 50.2 Å². The van der Waals surface area contributed by atoms with Gasteiger partial charge in [0.1, 0.15) is 17.3 Å². The summed E-state index contributed by atoms with van der Waals surface area (Å²) in [5, 5.41) is 0. The van der Waals surface area contributed by atoms with Gasteiger partial charge in [0.05, 0.1) is 6.61 Å². The number of carbonyl (C=O) groups is 2. The molecule has 0 aromatic heterocycles. The van der Waals surface area contributed by atoms with E-state index in [1.165, 1.54) is 18.2 Å². The number of amides is 2. The van der Waals surface area contributed by atoms with E-state index >= 15 is 0 Å². The second kappa shape index (κ2) is 10.1. The van der Waals surface area contributed by atoms with Gasteiger partial charge in [-0.15, -0.1) is 0 Å². The highest BCUT2D eigenvalue weighted by Gasteiger charge is 2.15. The van der Waals surface area contributed by atoms with Gasteiger partial charge in [0, 0.05) is 6.08 Å². The van der Waals surface area contributed by atoms with Gasteiger partial charge in [-0.2, -0.15) is 0 Å². The van der Waals surface area contributed by atoms with Crippen molar-refractivity contribution in [2.24, 2.45) is 0 Å². The molecule has 7 heteroatoms. The molecule has 2 N–H and O–H groups in total. The molecule has 2 amide bonds. The van der Waals surface area contributed by atoms with Crippen LogP contribution in [0.25, 0.3) is 5.57 Å². The van der Waals surface area contributed by atoms with E-state index in [0.717, 1.165) is 0 Å². The lowest BCUT2D eigenvalue weighted by molar-refractivity contribution is -0.131. The van der Waals surface area contributed by atoms with Crippen molar-refractivity contribution in [2.45, 2.75) is 26.9 Å². The third-order valence-electron chi connectivity index (χ3n) is 3.77. The number of hydrogen-bond acceptors (Lipinski definition) is 4. The maximum atomic E-state index is 12.9. The van der Waals surface area contributed by atoms with Crippen LogP contribution in [0.4, 0.5) is 4.39 Å². The van der Waals surface area contributed by atoms with E-state index in [4.69, 9.17) is 9.47 Å². The summed E-state index contributed by atoms with van der Waals surface area (Å²) in [6.07, 6.45) is 0.492. The molecule has 0 aliphatic heterocycles. The highest BCUT2D eigenvalue weighted by Crippen LogP contribution is 2.18. The minimum atomic E-state index is -0.819. The number of hydrogen-bond donors (Lipinski definition) is 2. The number of ether oxygens (including phenoxy) is 2. The van der Waals surface area contributed by atoms with Crippen molar-refractivity contribution < 1.29 is 23.5 Å². The van der Waals surface area contributed by atoms with Gasteiger partial charge >= 0.3 is 0 Å². The summed E-state index contributed by atoms with van der Waals surface area (Å²) < 4.78 is 23.8. The van der Waals surface area contributed by atoms with Crippen LogP contribution in [-0.2, 0) is 9.59 Å². The van der Waals surface area contributed by atoms with Crippen molar-refractivity contribution in [1.82, 2.24) is 10.9 Å². The highest BCUT2D eigenvalue weighted by molar-refractivity contribution is 5.96. The third kappa shape index (κ3) is 6.42. The van der Waals surface area contributed by atoms with Crippen LogP contribution in [0.5, 0.6) is 11.5 Å². The highest BCUT2D eigenvalue weighted by atomic mass is 19.1. The maximum Gasteiger partial charge on any atom is 0.279 e.